The summed E-state index contributed by atoms with van der Waals surface area (Å²) >= 11 is 0. The summed E-state index contributed by atoms with van der Waals surface area (Å²) < 4.78 is 0. The Balaban J connectivity index is 2.21. The number of allylic oxidation sites excluding steroid dienone is 1. The van der Waals surface area contributed by atoms with Crippen LogP contribution < -0.4 is 0 Å². The zero-order chi connectivity index (χ0) is 13.0. The molecule has 0 amide bonds. The highest BCUT2D eigenvalue weighted by Gasteiger charge is 2.31. The topological polar surface area (TPSA) is 35.5 Å². The number of carbonyl (C=O) groups is 1. The summed E-state index contributed by atoms with van der Waals surface area (Å²) in [5.74, 6) is 0.918. The lowest BCUT2D eigenvalue weighted by molar-refractivity contribution is -0.250. The van der Waals surface area contributed by atoms with Crippen molar-refractivity contribution in [2.45, 2.75) is 58.3 Å². The molecule has 0 atom stereocenters. The van der Waals surface area contributed by atoms with Crippen LogP contribution in [-0.4, -0.2) is 13.1 Å². The van der Waals surface area contributed by atoms with Gasteiger partial charge in [0.05, 0.1) is 7.11 Å². The third kappa shape index (κ3) is 2.94. The lowest BCUT2D eigenvalue weighted by Gasteiger charge is -2.23. The Morgan fingerprint density at radius 2 is 1.39 bits per heavy atom. The van der Waals surface area contributed by atoms with E-state index in [1.165, 1.54) is 64.0 Å². The Morgan fingerprint density at radius 3 is 1.78 bits per heavy atom. The number of hydrogen-bond donors (Lipinski definition) is 0. The summed E-state index contributed by atoms with van der Waals surface area (Å²) in [6.07, 6.45) is 10.2. The van der Waals surface area contributed by atoms with Crippen LogP contribution in [0.2, 0.25) is 0 Å². The smallest absolute Gasteiger partial charge is 0.293 e. The van der Waals surface area contributed by atoms with Crippen LogP contribution in [0.3, 0.4) is 0 Å². The van der Waals surface area contributed by atoms with Gasteiger partial charge in [0, 0.05) is 5.57 Å². The second-order valence-corrected chi connectivity index (χ2v) is 5.58. The summed E-state index contributed by atoms with van der Waals surface area (Å²) in [5.41, 5.74) is 2.18. The van der Waals surface area contributed by atoms with E-state index >= 15 is 0 Å². The first kappa shape index (κ1) is 13.6. The molecule has 2 rings (SSSR count). The SMILES string of the molecule is COOC(=O)C(C)=C(C1CCCC1)C1CCCC1. The fourth-order valence-electron chi connectivity index (χ4n) is 3.68. The van der Waals surface area contributed by atoms with E-state index in [2.05, 4.69) is 4.89 Å². The molecule has 0 aliphatic heterocycles. The highest BCUT2D eigenvalue weighted by Crippen LogP contribution is 2.42. The van der Waals surface area contributed by atoms with Crippen LogP contribution in [0.1, 0.15) is 58.3 Å². The molecule has 3 nitrogen and oxygen atoms in total. The first-order valence-electron chi connectivity index (χ1n) is 7.19. The van der Waals surface area contributed by atoms with E-state index in [-0.39, 0.29) is 5.97 Å². The van der Waals surface area contributed by atoms with Gasteiger partial charge in [-0.15, -0.1) is 0 Å². The molecule has 0 spiro atoms. The van der Waals surface area contributed by atoms with Crippen molar-refractivity contribution in [1.82, 2.24) is 0 Å². The van der Waals surface area contributed by atoms with E-state index in [1.807, 2.05) is 6.92 Å². The summed E-state index contributed by atoms with van der Waals surface area (Å²) in [6.45, 7) is 1.91. The molecule has 0 unspecified atom stereocenters. The lowest BCUT2D eigenvalue weighted by atomic mass is 9.82. The van der Waals surface area contributed by atoms with Gasteiger partial charge < -0.3 is 0 Å². The number of carbonyl (C=O) groups excluding carboxylic acids is 1. The van der Waals surface area contributed by atoms with E-state index in [0.29, 0.717) is 11.8 Å². The van der Waals surface area contributed by atoms with Crippen LogP contribution in [0, 0.1) is 11.8 Å². The zero-order valence-corrected chi connectivity index (χ0v) is 11.5. The van der Waals surface area contributed by atoms with Gasteiger partial charge >= 0.3 is 5.97 Å². The minimum atomic E-state index is -0.300. The molecule has 2 saturated carbocycles. The average molecular weight is 252 g/mol. The van der Waals surface area contributed by atoms with Crippen molar-refractivity contribution in [3.05, 3.63) is 11.1 Å². The third-order valence-electron chi connectivity index (χ3n) is 4.49. The van der Waals surface area contributed by atoms with Crippen molar-refractivity contribution in [2.24, 2.45) is 11.8 Å². The first-order valence-corrected chi connectivity index (χ1v) is 7.19. The molecule has 2 aliphatic rings. The molecular formula is C15H24O3. The molecular weight excluding hydrogens is 228 g/mol. The van der Waals surface area contributed by atoms with Crippen molar-refractivity contribution in [3.8, 4) is 0 Å². The van der Waals surface area contributed by atoms with E-state index in [9.17, 15) is 4.79 Å². The average Bonchev–Trinajstić information content (AvgIpc) is 3.02. The van der Waals surface area contributed by atoms with Crippen LogP contribution in [0.4, 0.5) is 0 Å². The molecule has 0 bridgehead atoms. The van der Waals surface area contributed by atoms with Crippen molar-refractivity contribution < 1.29 is 14.6 Å². The normalized spacial score (nSPS) is 21.2. The summed E-state index contributed by atoms with van der Waals surface area (Å²) in [6, 6.07) is 0. The fraction of sp³-hybridized carbons (Fsp3) is 0.800. The van der Waals surface area contributed by atoms with Crippen molar-refractivity contribution in [3.63, 3.8) is 0 Å². The van der Waals surface area contributed by atoms with Crippen LogP contribution in [0.5, 0.6) is 0 Å². The first-order chi connectivity index (χ1) is 8.74. The highest BCUT2D eigenvalue weighted by molar-refractivity contribution is 5.88. The van der Waals surface area contributed by atoms with Gasteiger partial charge in [-0.1, -0.05) is 31.3 Å². The minimum Gasteiger partial charge on any atom is -0.293 e. The van der Waals surface area contributed by atoms with Crippen LogP contribution in [-0.2, 0) is 14.6 Å². The summed E-state index contributed by atoms with van der Waals surface area (Å²) in [5, 5.41) is 0. The third-order valence-corrected chi connectivity index (χ3v) is 4.49. The predicted octanol–water partition coefficient (Wildman–Crippen LogP) is 3.79. The fourth-order valence-corrected chi connectivity index (χ4v) is 3.68. The van der Waals surface area contributed by atoms with Gasteiger partial charge in [0.25, 0.3) is 0 Å². The van der Waals surface area contributed by atoms with E-state index < -0.39 is 0 Å². The molecule has 0 saturated heterocycles. The lowest BCUT2D eigenvalue weighted by Crippen LogP contribution is -2.16. The molecule has 0 aromatic heterocycles. The van der Waals surface area contributed by atoms with E-state index in [4.69, 9.17) is 4.89 Å². The van der Waals surface area contributed by atoms with Gasteiger partial charge in [0.15, 0.2) is 0 Å². The van der Waals surface area contributed by atoms with Crippen molar-refractivity contribution >= 4 is 5.97 Å². The zero-order valence-electron chi connectivity index (χ0n) is 11.5. The number of hydrogen-bond acceptors (Lipinski definition) is 3. The van der Waals surface area contributed by atoms with E-state index in [1.54, 1.807) is 0 Å². The second-order valence-electron chi connectivity index (χ2n) is 5.58. The van der Waals surface area contributed by atoms with Crippen LogP contribution in [0.25, 0.3) is 0 Å². The van der Waals surface area contributed by atoms with Gasteiger partial charge in [-0.25, -0.2) is 4.79 Å². The highest BCUT2D eigenvalue weighted by atomic mass is 17.2. The molecule has 3 heteroatoms. The van der Waals surface area contributed by atoms with Gasteiger partial charge in [-0.3, -0.25) is 4.89 Å². The summed E-state index contributed by atoms with van der Waals surface area (Å²) in [4.78, 5) is 21.1. The van der Waals surface area contributed by atoms with Crippen molar-refractivity contribution in [1.29, 1.82) is 0 Å². The monoisotopic (exact) mass is 252 g/mol. The Morgan fingerprint density at radius 1 is 0.944 bits per heavy atom. The molecule has 0 radical (unpaired) electrons. The Bertz CT molecular complexity index is 303. The van der Waals surface area contributed by atoms with Gasteiger partial charge in [0.1, 0.15) is 0 Å². The van der Waals surface area contributed by atoms with Crippen molar-refractivity contribution in [2.75, 3.05) is 7.11 Å². The maximum absolute atomic E-state index is 11.9. The Kier molecular flexibility index (Phi) is 4.81. The molecule has 0 N–H and O–H groups in total. The maximum atomic E-state index is 11.9. The molecule has 0 heterocycles. The predicted molar refractivity (Wildman–Crippen MR) is 69.7 cm³/mol. The van der Waals surface area contributed by atoms with Gasteiger partial charge in [-0.2, -0.15) is 4.89 Å². The standard InChI is InChI=1S/C15H24O3/c1-11(15(16)18-17-2)14(12-7-3-4-8-12)13-9-5-6-10-13/h12-13H,3-10H2,1-2H3. The molecule has 0 aromatic rings. The molecule has 102 valence electrons. The van der Waals surface area contributed by atoms with Crippen LogP contribution in [0.15, 0.2) is 11.1 Å². The van der Waals surface area contributed by atoms with Gasteiger partial charge in [0.2, 0.25) is 0 Å². The number of rotatable bonds is 4. The largest absolute Gasteiger partial charge is 0.368 e. The quantitative estimate of drug-likeness (QED) is 0.434. The molecule has 2 fully saturated rings. The van der Waals surface area contributed by atoms with Gasteiger partial charge in [-0.05, 0) is 44.4 Å². The Labute approximate surface area is 109 Å². The summed E-state index contributed by atoms with van der Waals surface area (Å²) in [7, 11) is 1.38. The molecule has 2 aliphatic carbocycles. The molecule has 18 heavy (non-hydrogen) atoms. The van der Waals surface area contributed by atoms with E-state index in [0.717, 1.165) is 5.57 Å². The maximum Gasteiger partial charge on any atom is 0.368 e. The second kappa shape index (κ2) is 6.37. The van der Waals surface area contributed by atoms with Crippen LogP contribution >= 0.6 is 0 Å². The Hall–Kier alpha value is -0.830. The molecule has 0 aromatic carbocycles. The minimum absolute atomic E-state index is 0.300.